The molecule has 4 heteroatoms. The van der Waals surface area contributed by atoms with Crippen molar-refractivity contribution in [2.24, 2.45) is 0 Å². The molecule has 0 unspecified atom stereocenters. The minimum atomic E-state index is 0.846. The third-order valence-electron chi connectivity index (χ3n) is 3.17. The number of hydrogen-bond acceptors (Lipinski definition) is 4. The van der Waals surface area contributed by atoms with E-state index < -0.39 is 0 Å². The number of pyridine rings is 1. The lowest BCUT2D eigenvalue weighted by Crippen LogP contribution is -2.26. The molecule has 4 nitrogen and oxygen atoms in total. The average Bonchev–Trinajstić information content (AvgIpc) is 2.67. The van der Waals surface area contributed by atoms with Gasteiger partial charge in [-0.3, -0.25) is 9.88 Å². The zero-order chi connectivity index (χ0) is 12.6. The highest BCUT2D eigenvalue weighted by Gasteiger charge is 2.09. The monoisotopic (exact) mass is 249 g/mol. The van der Waals surface area contributed by atoms with E-state index in [0.717, 1.165) is 58.1 Å². The van der Waals surface area contributed by atoms with Gasteiger partial charge in [0.15, 0.2) is 0 Å². The Hall–Kier alpha value is -0.970. The van der Waals surface area contributed by atoms with Gasteiger partial charge in [-0.2, -0.15) is 0 Å². The molecule has 1 aromatic rings. The summed E-state index contributed by atoms with van der Waals surface area (Å²) in [5.74, 6) is 0. The zero-order valence-electron chi connectivity index (χ0n) is 11.2. The summed E-state index contributed by atoms with van der Waals surface area (Å²) in [7, 11) is 0. The SMILES string of the molecule is CCNCc1ccc(CN2CCCOCC2)nc1. The first kappa shape index (κ1) is 13.5. The van der Waals surface area contributed by atoms with Crippen LogP contribution in [-0.4, -0.2) is 42.7 Å². The lowest BCUT2D eigenvalue weighted by molar-refractivity contribution is 0.140. The van der Waals surface area contributed by atoms with E-state index in [1.165, 1.54) is 5.56 Å². The fourth-order valence-corrected chi connectivity index (χ4v) is 2.11. The van der Waals surface area contributed by atoms with Crippen molar-refractivity contribution < 1.29 is 4.74 Å². The second-order valence-electron chi connectivity index (χ2n) is 4.68. The highest BCUT2D eigenvalue weighted by Crippen LogP contribution is 2.06. The number of nitrogens with zero attached hydrogens (tertiary/aromatic N) is 2. The van der Waals surface area contributed by atoms with Crippen LogP contribution in [0.25, 0.3) is 0 Å². The molecule has 0 spiro atoms. The lowest BCUT2D eigenvalue weighted by atomic mass is 10.2. The summed E-state index contributed by atoms with van der Waals surface area (Å²) in [6.07, 6.45) is 3.10. The first-order chi connectivity index (χ1) is 8.88. The maximum absolute atomic E-state index is 5.46. The molecule has 2 heterocycles. The molecule has 0 radical (unpaired) electrons. The first-order valence-corrected chi connectivity index (χ1v) is 6.83. The number of nitrogens with one attached hydrogen (secondary N) is 1. The largest absolute Gasteiger partial charge is 0.380 e. The topological polar surface area (TPSA) is 37.4 Å². The Kier molecular flexibility index (Phi) is 5.58. The predicted molar refractivity (Wildman–Crippen MR) is 72.3 cm³/mol. The van der Waals surface area contributed by atoms with Crippen LogP contribution in [0.2, 0.25) is 0 Å². The average molecular weight is 249 g/mol. The van der Waals surface area contributed by atoms with Gasteiger partial charge in [-0.15, -0.1) is 0 Å². The van der Waals surface area contributed by atoms with Gasteiger partial charge in [0, 0.05) is 39.0 Å². The molecule has 1 aliphatic heterocycles. The number of hydrogen-bond donors (Lipinski definition) is 1. The summed E-state index contributed by atoms with van der Waals surface area (Å²) in [5.41, 5.74) is 2.40. The van der Waals surface area contributed by atoms with Crippen LogP contribution < -0.4 is 5.32 Å². The second kappa shape index (κ2) is 7.46. The molecule has 0 bridgehead atoms. The van der Waals surface area contributed by atoms with E-state index in [9.17, 15) is 0 Å². The van der Waals surface area contributed by atoms with Gasteiger partial charge in [0.2, 0.25) is 0 Å². The Morgan fingerprint density at radius 2 is 2.28 bits per heavy atom. The predicted octanol–water partition coefficient (Wildman–Crippen LogP) is 1.41. The Balaban J connectivity index is 1.84. The Labute approximate surface area is 109 Å². The second-order valence-corrected chi connectivity index (χ2v) is 4.68. The number of rotatable bonds is 5. The Morgan fingerprint density at radius 3 is 3.06 bits per heavy atom. The molecule has 1 aromatic heterocycles. The summed E-state index contributed by atoms with van der Waals surface area (Å²) in [6.45, 7) is 8.82. The first-order valence-electron chi connectivity index (χ1n) is 6.83. The number of ether oxygens (including phenoxy) is 1. The van der Waals surface area contributed by atoms with Crippen LogP contribution in [0.5, 0.6) is 0 Å². The van der Waals surface area contributed by atoms with Crippen molar-refractivity contribution in [1.82, 2.24) is 15.2 Å². The van der Waals surface area contributed by atoms with E-state index in [4.69, 9.17) is 4.74 Å². The minimum Gasteiger partial charge on any atom is -0.380 e. The zero-order valence-corrected chi connectivity index (χ0v) is 11.2. The molecule has 2 rings (SSSR count). The molecule has 1 fully saturated rings. The summed E-state index contributed by atoms with van der Waals surface area (Å²) >= 11 is 0. The highest BCUT2D eigenvalue weighted by molar-refractivity contribution is 5.13. The maximum atomic E-state index is 5.46. The third-order valence-corrected chi connectivity index (χ3v) is 3.17. The molecular weight excluding hydrogens is 226 g/mol. The lowest BCUT2D eigenvalue weighted by Gasteiger charge is -2.18. The van der Waals surface area contributed by atoms with Crippen molar-refractivity contribution in [3.05, 3.63) is 29.6 Å². The number of aromatic nitrogens is 1. The van der Waals surface area contributed by atoms with E-state index >= 15 is 0 Å². The Morgan fingerprint density at radius 1 is 1.33 bits per heavy atom. The van der Waals surface area contributed by atoms with Crippen LogP contribution in [0.15, 0.2) is 18.3 Å². The summed E-state index contributed by atoms with van der Waals surface area (Å²) in [5, 5.41) is 3.31. The van der Waals surface area contributed by atoms with Crippen LogP contribution in [0.4, 0.5) is 0 Å². The van der Waals surface area contributed by atoms with Crippen molar-refractivity contribution in [2.45, 2.75) is 26.4 Å². The standard InChI is InChI=1S/C14H23N3O/c1-2-15-10-13-4-5-14(16-11-13)12-17-6-3-8-18-9-7-17/h4-5,11,15H,2-3,6-10,12H2,1H3. The van der Waals surface area contributed by atoms with Crippen LogP contribution in [0.1, 0.15) is 24.6 Å². The molecular formula is C14H23N3O. The van der Waals surface area contributed by atoms with E-state index in [2.05, 4.69) is 34.3 Å². The van der Waals surface area contributed by atoms with E-state index in [0.29, 0.717) is 0 Å². The van der Waals surface area contributed by atoms with Crippen molar-refractivity contribution in [3.8, 4) is 0 Å². The van der Waals surface area contributed by atoms with Crippen LogP contribution in [0.3, 0.4) is 0 Å². The summed E-state index contributed by atoms with van der Waals surface area (Å²) in [4.78, 5) is 6.95. The van der Waals surface area contributed by atoms with Gasteiger partial charge in [-0.1, -0.05) is 13.0 Å². The molecule has 1 saturated heterocycles. The van der Waals surface area contributed by atoms with Crippen molar-refractivity contribution >= 4 is 0 Å². The van der Waals surface area contributed by atoms with Crippen LogP contribution in [0, 0.1) is 0 Å². The molecule has 0 saturated carbocycles. The molecule has 0 aromatic carbocycles. The minimum absolute atomic E-state index is 0.846. The van der Waals surface area contributed by atoms with E-state index in [1.54, 1.807) is 0 Å². The molecule has 18 heavy (non-hydrogen) atoms. The van der Waals surface area contributed by atoms with Gasteiger partial charge in [0.1, 0.15) is 0 Å². The Bertz CT molecular complexity index is 331. The van der Waals surface area contributed by atoms with Gasteiger partial charge in [0.25, 0.3) is 0 Å². The van der Waals surface area contributed by atoms with Crippen molar-refractivity contribution in [1.29, 1.82) is 0 Å². The van der Waals surface area contributed by atoms with E-state index in [-0.39, 0.29) is 0 Å². The van der Waals surface area contributed by atoms with Gasteiger partial charge in [0.05, 0.1) is 12.3 Å². The molecule has 0 amide bonds. The quantitative estimate of drug-likeness (QED) is 0.856. The van der Waals surface area contributed by atoms with Gasteiger partial charge in [-0.05, 0) is 24.6 Å². The maximum Gasteiger partial charge on any atom is 0.0593 e. The van der Waals surface area contributed by atoms with Gasteiger partial charge >= 0.3 is 0 Å². The smallest absolute Gasteiger partial charge is 0.0593 e. The van der Waals surface area contributed by atoms with Crippen molar-refractivity contribution in [2.75, 3.05) is 32.8 Å². The van der Waals surface area contributed by atoms with E-state index in [1.807, 2.05) is 6.20 Å². The molecule has 0 atom stereocenters. The van der Waals surface area contributed by atoms with Crippen molar-refractivity contribution in [3.63, 3.8) is 0 Å². The normalized spacial score (nSPS) is 17.6. The molecule has 100 valence electrons. The fraction of sp³-hybridized carbons (Fsp3) is 0.643. The van der Waals surface area contributed by atoms with Gasteiger partial charge < -0.3 is 10.1 Å². The fourth-order valence-electron chi connectivity index (χ4n) is 2.11. The van der Waals surface area contributed by atoms with Crippen LogP contribution >= 0.6 is 0 Å². The molecule has 0 aliphatic carbocycles. The van der Waals surface area contributed by atoms with Crippen LogP contribution in [-0.2, 0) is 17.8 Å². The van der Waals surface area contributed by atoms with Gasteiger partial charge in [-0.25, -0.2) is 0 Å². The summed E-state index contributed by atoms with van der Waals surface area (Å²) in [6, 6.07) is 4.30. The summed E-state index contributed by atoms with van der Waals surface area (Å²) < 4.78 is 5.46. The third kappa shape index (κ3) is 4.37. The highest BCUT2D eigenvalue weighted by atomic mass is 16.5. The molecule has 1 aliphatic rings. The molecule has 1 N–H and O–H groups in total.